The molecule has 0 radical (unpaired) electrons. The number of nitrogen functional groups attached to an aromatic ring is 1. The fraction of sp³-hybridized carbons (Fsp3) is 0.478. The van der Waals surface area contributed by atoms with Crippen LogP contribution < -0.4 is 15.2 Å². The van der Waals surface area contributed by atoms with Crippen LogP contribution in [0, 0.1) is 11.6 Å². The molecule has 0 saturated carbocycles. The first-order chi connectivity index (χ1) is 15.8. The van der Waals surface area contributed by atoms with E-state index < -0.39 is 17.6 Å². The molecular weight excluding hydrogens is 430 g/mol. The van der Waals surface area contributed by atoms with Crippen LogP contribution in [0.5, 0.6) is 11.5 Å². The summed E-state index contributed by atoms with van der Waals surface area (Å²) in [5.41, 5.74) is 9.97. The maximum absolute atomic E-state index is 15.1. The van der Waals surface area contributed by atoms with Gasteiger partial charge in [-0.1, -0.05) is 0 Å². The van der Waals surface area contributed by atoms with E-state index >= 15 is 8.78 Å². The Hall–Kier alpha value is -3.14. The minimum absolute atomic E-state index is 0.0114. The van der Waals surface area contributed by atoms with E-state index in [1.54, 1.807) is 0 Å². The molecule has 2 heterocycles. The van der Waals surface area contributed by atoms with Crippen molar-refractivity contribution in [2.75, 3.05) is 40.6 Å². The number of H-pyrrole nitrogens is 1. The predicted molar refractivity (Wildman–Crippen MR) is 122 cm³/mol. The molecule has 178 valence electrons. The van der Waals surface area contributed by atoms with Gasteiger partial charge in [-0.15, -0.1) is 0 Å². The van der Waals surface area contributed by atoms with E-state index in [0.717, 1.165) is 24.2 Å². The Morgan fingerprint density at radius 2 is 1.88 bits per heavy atom. The van der Waals surface area contributed by atoms with E-state index in [0.29, 0.717) is 42.9 Å². The molecule has 2 aromatic heterocycles. The Bertz CT molecular complexity index is 1110. The standard InChI is InChI=1S/C23H30F2N6O2/c1-30(2)8-9-31-12-15(26)23(29-31)22-14-7-5-6-13(10-16(14)27-28-22)19-20(24)17(32-3)11-18(33-4)21(19)25/h11-13H,5-10,26H2,1-4H3,(H,27,28)/t13-/m1/s1. The summed E-state index contributed by atoms with van der Waals surface area (Å²) >= 11 is 0. The number of aromatic nitrogens is 4. The van der Waals surface area contributed by atoms with Crippen LogP contribution in [0.3, 0.4) is 0 Å². The first-order valence-electron chi connectivity index (χ1n) is 11.0. The van der Waals surface area contributed by atoms with E-state index in [2.05, 4.69) is 20.2 Å². The summed E-state index contributed by atoms with van der Waals surface area (Å²) < 4.78 is 42.3. The van der Waals surface area contributed by atoms with E-state index in [1.807, 2.05) is 25.0 Å². The van der Waals surface area contributed by atoms with Crippen LogP contribution >= 0.6 is 0 Å². The molecule has 1 aliphatic rings. The number of nitrogens with zero attached hydrogens (tertiary/aromatic N) is 4. The quantitative estimate of drug-likeness (QED) is 0.525. The van der Waals surface area contributed by atoms with Crippen molar-refractivity contribution in [3.8, 4) is 22.9 Å². The predicted octanol–water partition coefficient (Wildman–Crippen LogP) is 3.38. The van der Waals surface area contributed by atoms with Gasteiger partial charge in [-0.05, 0) is 45.7 Å². The number of likely N-dealkylation sites (N-methyl/N-ethyl adjacent to an activating group) is 1. The van der Waals surface area contributed by atoms with Gasteiger partial charge in [0.25, 0.3) is 0 Å². The van der Waals surface area contributed by atoms with Crippen molar-refractivity contribution >= 4 is 5.69 Å². The number of methoxy groups -OCH3 is 2. The molecule has 0 aliphatic heterocycles. The lowest BCUT2D eigenvalue weighted by Gasteiger charge is -2.19. The lowest BCUT2D eigenvalue weighted by Crippen LogP contribution is -2.18. The highest BCUT2D eigenvalue weighted by molar-refractivity contribution is 5.72. The summed E-state index contributed by atoms with van der Waals surface area (Å²) in [6.07, 6.45) is 4.29. The third-order valence-corrected chi connectivity index (χ3v) is 6.19. The second-order valence-corrected chi connectivity index (χ2v) is 8.64. The molecule has 0 amide bonds. The van der Waals surface area contributed by atoms with Crippen molar-refractivity contribution in [1.82, 2.24) is 24.9 Å². The molecule has 4 rings (SSSR count). The zero-order valence-corrected chi connectivity index (χ0v) is 19.4. The number of aromatic amines is 1. The summed E-state index contributed by atoms with van der Waals surface area (Å²) in [6.45, 7) is 1.55. The Morgan fingerprint density at radius 3 is 2.52 bits per heavy atom. The van der Waals surface area contributed by atoms with Gasteiger partial charge in [0.15, 0.2) is 23.1 Å². The number of benzene rings is 1. The largest absolute Gasteiger partial charge is 0.494 e. The summed E-state index contributed by atoms with van der Waals surface area (Å²) in [6, 6.07) is 1.24. The van der Waals surface area contributed by atoms with Gasteiger partial charge in [-0.25, -0.2) is 8.78 Å². The molecule has 0 bridgehead atoms. The average molecular weight is 461 g/mol. The topological polar surface area (TPSA) is 94.2 Å². The van der Waals surface area contributed by atoms with E-state index in [-0.39, 0.29) is 17.1 Å². The molecule has 0 fully saturated rings. The van der Waals surface area contributed by atoms with Gasteiger partial charge in [0.1, 0.15) is 11.4 Å². The molecule has 33 heavy (non-hydrogen) atoms. The highest BCUT2D eigenvalue weighted by Crippen LogP contribution is 2.41. The summed E-state index contributed by atoms with van der Waals surface area (Å²) in [5, 5.41) is 12.2. The molecule has 3 aromatic rings. The van der Waals surface area contributed by atoms with Gasteiger partial charge < -0.3 is 20.1 Å². The van der Waals surface area contributed by atoms with Gasteiger partial charge in [0.05, 0.1) is 26.5 Å². The van der Waals surface area contributed by atoms with E-state index in [9.17, 15) is 0 Å². The van der Waals surface area contributed by atoms with Crippen LogP contribution in [0.4, 0.5) is 14.5 Å². The lowest BCUT2D eigenvalue weighted by molar-refractivity contribution is 0.348. The van der Waals surface area contributed by atoms with Crippen LogP contribution in [-0.2, 0) is 19.4 Å². The Morgan fingerprint density at radius 1 is 1.18 bits per heavy atom. The zero-order valence-electron chi connectivity index (χ0n) is 19.4. The Balaban J connectivity index is 1.67. The number of nitrogens with two attached hydrogens (primary N) is 1. The van der Waals surface area contributed by atoms with Gasteiger partial charge >= 0.3 is 0 Å². The number of fused-ring (bicyclic) bond motifs is 1. The van der Waals surface area contributed by atoms with Crippen LogP contribution in [0.25, 0.3) is 11.4 Å². The van der Waals surface area contributed by atoms with Gasteiger partial charge in [0, 0.05) is 35.6 Å². The molecule has 10 heteroatoms. The smallest absolute Gasteiger partial charge is 0.171 e. The van der Waals surface area contributed by atoms with E-state index in [4.69, 9.17) is 15.2 Å². The molecule has 0 spiro atoms. The van der Waals surface area contributed by atoms with Gasteiger partial charge in [0.2, 0.25) is 0 Å². The minimum atomic E-state index is -0.687. The second kappa shape index (κ2) is 9.38. The Labute approximate surface area is 191 Å². The fourth-order valence-corrected chi connectivity index (χ4v) is 4.46. The maximum Gasteiger partial charge on any atom is 0.171 e. The van der Waals surface area contributed by atoms with Crippen molar-refractivity contribution in [2.24, 2.45) is 0 Å². The average Bonchev–Trinajstić information content (AvgIpc) is 3.28. The van der Waals surface area contributed by atoms with Crippen molar-refractivity contribution in [3.63, 3.8) is 0 Å². The number of nitrogens with one attached hydrogen (secondary N) is 1. The molecule has 0 unspecified atom stereocenters. The van der Waals surface area contributed by atoms with E-state index in [1.165, 1.54) is 20.3 Å². The van der Waals surface area contributed by atoms with Crippen LogP contribution in [-0.4, -0.2) is 59.7 Å². The highest BCUT2D eigenvalue weighted by Gasteiger charge is 2.31. The first-order valence-corrected chi connectivity index (χ1v) is 11.0. The van der Waals surface area contributed by atoms with Crippen molar-refractivity contribution in [2.45, 2.75) is 38.1 Å². The number of ether oxygens (including phenoxy) is 2. The number of anilines is 1. The molecule has 1 aromatic carbocycles. The van der Waals surface area contributed by atoms with Gasteiger partial charge in [-0.3, -0.25) is 9.78 Å². The normalized spacial score (nSPS) is 16.0. The minimum Gasteiger partial charge on any atom is -0.494 e. The first kappa shape index (κ1) is 23.0. The van der Waals surface area contributed by atoms with Gasteiger partial charge in [-0.2, -0.15) is 10.2 Å². The Kier molecular flexibility index (Phi) is 6.55. The molecule has 0 saturated heterocycles. The van der Waals surface area contributed by atoms with Crippen molar-refractivity contribution in [1.29, 1.82) is 0 Å². The number of halogens is 2. The van der Waals surface area contributed by atoms with Crippen molar-refractivity contribution < 1.29 is 18.3 Å². The summed E-state index contributed by atoms with van der Waals surface area (Å²) in [7, 11) is 6.71. The molecule has 1 atom stereocenters. The third kappa shape index (κ3) is 4.39. The fourth-order valence-electron chi connectivity index (χ4n) is 4.46. The summed E-state index contributed by atoms with van der Waals surface area (Å²) in [5.74, 6) is -1.83. The SMILES string of the molecule is COc1cc(OC)c(F)c([C@@H]2CCCc3c(-c4nn(CCN(C)C)cc4N)n[nH]c3C2)c1F. The molecule has 3 N–H and O–H groups in total. The molecular formula is C23H30F2N6O2. The monoisotopic (exact) mass is 460 g/mol. The highest BCUT2D eigenvalue weighted by atomic mass is 19.1. The second-order valence-electron chi connectivity index (χ2n) is 8.64. The number of hydrogen-bond donors (Lipinski definition) is 2. The number of hydrogen-bond acceptors (Lipinski definition) is 6. The maximum atomic E-state index is 15.1. The lowest BCUT2D eigenvalue weighted by atomic mass is 9.90. The van der Waals surface area contributed by atoms with Crippen LogP contribution in [0.15, 0.2) is 12.3 Å². The molecule has 8 nitrogen and oxygen atoms in total. The summed E-state index contributed by atoms with van der Waals surface area (Å²) in [4.78, 5) is 2.07. The van der Waals surface area contributed by atoms with Crippen molar-refractivity contribution in [3.05, 3.63) is 40.7 Å². The number of rotatable bonds is 7. The third-order valence-electron chi connectivity index (χ3n) is 6.19. The molecule has 1 aliphatic carbocycles. The van der Waals surface area contributed by atoms with Crippen LogP contribution in [0.1, 0.15) is 35.6 Å². The zero-order chi connectivity index (χ0) is 23.7. The van der Waals surface area contributed by atoms with Crippen LogP contribution in [0.2, 0.25) is 0 Å².